The molecule has 0 aliphatic carbocycles. The van der Waals surface area contributed by atoms with Gasteiger partial charge in [0, 0.05) is 0 Å². The quantitative estimate of drug-likeness (QED) is 0.316. The average Bonchev–Trinajstić information content (AvgIpc) is 1.66. The van der Waals surface area contributed by atoms with Crippen molar-refractivity contribution in [1.29, 1.82) is 0 Å². The predicted octanol–water partition coefficient (Wildman–Crippen LogP) is 0.425. The third kappa shape index (κ3) is 5.72. The molecule has 0 aromatic rings. The van der Waals surface area contributed by atoms with Gasteiger partial charge in [0.15, 0.2) is 0 Å². The van der Waals surface area contributed by atoms with E-state index >= 15 is 0 Å². The number of unbranched alkanes of at least 4 members (excludes halogenated alkanes) is 1. The van der Waals surface area contributed by atoms with Crippen LogP contribution in [0, 0.1) is 0 Å². The first-order chi connectivity index (χ1) is 3.77. The van der Waals surface area contributed by atoms with Crippen molar-refractivity contribution in [2.24, 2.45) is 0 Å². The van der Waals surface area contributed by atoms with E-state index in [1.54, 1.807) is 6.08 Å². The Morgan fingerprint density at radius 2 is 2.12 bits per heavy atom. The average molecular weight is 114 g/mol. The van der Waals surface area contributed by atoms with Crippen LogP contribution in [0.5, 0.6) is 0 Å². The van der Waals surface area contributed by atoms with E-state index in [0.29, 0.717) is 6.32 Å². The van der Waals surface area contributed by atoms with E-state index in [1.165, 1.54) is 0 Å². The van der Waals surface area contributed by atoms with Gasteiger partial charge in [-0.3, -0.25) is 0 Å². The van der Waals surface area contributed by atoms with E-state index in [-0.39, 0.29) is 0 Å². The molecule has 0 atom stereocenters. The molecule has 2 N–H and O–H groups in total. The molecular weight excluding hydrogens is 103 g/mol. The number of rotatable bonds is 4. The second kappa shape index (κ2) is 4.87. The zero-order chi connectivity index (χ0) is 6.41. The van der Waals surface area contributed by atoms with Gasteiger partial charge in [-0.25, -0.2) is 0 Å². The molecule has 0 unspecified atom stereocenters. The lowest BCUT2D eigenvalue weighted by Gasteiger charge is -1.92. The molecule has 0 heterocycles. The molecule has 3 heteroatoms. The molecule has 0 saturated carbocycles. The summed E-state index contributed by atoms with van der Waals surface area (Å²) >= 11 is 0. The summed E-state index contributed by atoms with van der Waals surface area (Å²) in [5.41, 5.74) is 0. The molecule has 0 bridgehead atoms. The van der Waals surface area contributed by atoms with Crippen LogP contribution in [0.2, 0.25) is 6.32 Å². The summed E-state index contributed by atoms with van der Waals surface area (Å²) < 4.78 is 0. The van der Waals surface area contributed by atoms with E-state index in [9.17, 15) is 0 Å². The Labute approximate surface area is 50.0 Å². The van der Waals surface area contributed by atoms with Gasteiger partial charge in [0.2, 0.25) is 0 Å². The first-order valence-electron chi connectivity index (χ1n) is 2.74. The van der Waals surface area contributed by atoms with Crippen LogP contribution < -0.4 is 0 Å². The van der Waals surface area contributed by atoms with Crippen molar-refractivity contribution in [2.45, 2.75) is 19.2 Å². The predicted molar refractivity (Wildman–Crippen MR) is 34.4 cm³/mol. The smallest absolute Gasteiger partial charge is 0.427 e. The van der Waals surface area contributed by atoms with Crippen LogP contribution in [-0.2, 0) is 0 Å². The van der Waals surface area contributed by atoms with Gasteiger partial charge in [-0.05, 0) is 12.7 Å². The lowest BCUT2D eigenvalue weighted by molar-refractivity contribution is 0.403. The molecule has 0 saturated heterocycles. The second-order valence-corrected chi connectivity index (χ2v) is 1.70. The summed E-state index contributed by atoms with van der Waals surface area (Å²) in [6.07, 6.45) is 3.88. The zero-order valence-electron chi connectivity index (χ0n) is 4.88. The fourth-order valence-electron chi connectivity index (χ4n) is 0.445. The van der Waals surface area contributed by atoms with Crippen LogP contribution in [0.3, 0.4) is 0 Å². The molecule has 0 aromatic heterocycles. The van der Waals surface area contributed by atoms with Crippen molar-refractivity contribution >= 4 is 7.12 Å². The van der Waals surface area contributed by atoms with Gasteiger partial charge >= 0.3 is 7.12 Å². The SMILES string of the molecule is C=CCCCB(O)O. The standard InChI is InChI=1S/C5H11BO2/c1-2-3-4-5-6(7)8/h2,7-8H,1,3-5H2. The minimum atomic E-state index is -1.14. The molecule has 46 valence electrons. The maximum Gasteiger partial charge on any atom is 0.451 e. The van der Waals surface area contributed by atoms with Crippen molar-refractivity contribution in [3.63, 3.8) is 0 Å². The first kappa shape index (κ1) is 7.72. The highest BCUT2D eigenvalue weighted by molar-refractivity contribution is 6.40. The molecule has 0 aromatic carbocycles. The van der Waals surface area contributed by atoms with Gasteiger partial charge in [-0.1, -0.05) is 12.5 Å². The van der Waals surface area contributed by atoms with E-state index in [0.717, 1.165) is 12.8 Å². The summed E-state index contributed by atoms with van der Waals surface area (Å²) in [5, 5.41) is 16.6. The van der Waals surface area contributed by atoms with Crippen LogP contribution in [0.1, 0.15) is 12.8 Å². The largest absolute Gasteiger partial charge is 0.451 e. The van der Waals surface area contributed by atoms with E-state index in [2.05, 4.69) is 6.58 Å². The third-order valence-electron chi connectivity index (χ3n) is 0.871. The number of hydrogen-bond acceptors (Lipinski definition) is 2. The summed E-state index contributed by atoms with van der Waals surface area (Å²) in [5.74, 6) is 0. The Balaban J connectivity index is 2.81. The van der Waals surface area contributed by atoms with Crippen LogP contribution >= 0.6 is 0 Å². The topological polar surface area (TPSA) is 40.5 Å². The molecule has 0 amide bonds. The van der Waals surface area contributed by atoms with Crippen LogP contribution in [0.15, 0.2) is 12.7 Å². The fourth-order valence-corrected chi connectivity index (χ4v) is 0.445. The fraction of sp³-hybridized carbons (Fsp3) is 0.600. The Morgan fingerprint density at radius 3 is 2.50 bits per heavy atom. The molecule has 0 aliphatic rings. The van der Waals surface area contributed by atoms with Gasteiger partial charge in [0.05, 0.1) is 0 Å². The highest BCUT2D eigenvalue weighted by Crippen LogP contribution is 1.96. The molecule has 2 nitrogen and oxygen atoms in total. The van der Waals surface area contributed by atoms with E-state index < -0.39 is 7.12 Å². The van der Waals surface area contributed by atoms with E-state index in [1.807, 2.05) is 0 Å². The van der Waals surface area contributed by atoms with Gasteiger partial charge in [-0.15, -0.1) is 6.58 Å². The molecule has 0 fully saturated rings. The zero-order valence-corrected chi connectivity index (χ0v) is 4.88. The third-order valence-corrected chi connectivity index (χ3v) is 0.871. The molecule has 0 rings (SSSR count). The number of allylic oxidation sites excluding steroid dienone is 1. The minimum absolute atomic E-state index is 0.450. The van der Waals surface area contributed by atoms with Crippen LogP contribution in [0.25, 0.3) is 0 Å². The van der Waals surface area contributed by atoms with Crippen molar-refractivity contribution in [1.82, 2.24) is 0 Å². The van der Waals surface area contributed by atoms with Crippen molar-refractivity contribution in [3.05, 3.63) is 12.7 Å². The number of hydrogen-bond donors (Lipinski definition) is 2. The minimum Gasteiger partial charge on any atom is -0.427 e. The van der Waals surface area contributed by atoms with Crippen LogP contribution in [-0.4, -0.2) is 17.2 Å². The Hall–Kier alpha value is -0.275. The summed E-state index contributed by atoms with van der Waals surface area (Å²) in [4.78, 5) is 0. The molecule has 8 heavy (non-hydrogen) atoms. The molecule has 0 aliphatic heterocycles. The second-order valence-electron chi connectivity index (χ2n) is 1.70. The Morgan fingerprint density at radius 1 is 1.50 bits per heavy atom. The molecule has 0 spiro atoms. The lowest BCUT2D eigenvalue weighted by Crippen LogP contribution is -2.08. The van der Waals surface area contributed by atoms with Crippen molar-refractivity contribution < 1.29 is 10.0 Å². The van der Waals surface area contributed by atoms with E-state index in [4.69, 9.17) is 10.0 Å². The molecular formula is C5H11BO2. The summed E-state index contributed by atoms with van der Waals surface area (Å²) in [7, 11) is -1.14. The lowest BCUT2D eigenvalue weighted by atomic mass is 9.84. The van der Waals surface area contributed by atoms with Crippen molar-refractivity contribution in [2.75, 3.05) is 0 Å². The summed E-state index contributed by atoms with van der Waals surface area (Å²) in [6, 6.07) is 0. The Kier molecular flexibility index (Phi) is 4.71. The normalized spacial score (nSPS) is 8.75. The van der Waals surface area contributed by atoms with Gasteiger partial charge in [-0.2, -0.15) is 0 Å². The maximum atomic E-state index is 8.30. The van der Waals surface area contributed by atoms with Crippen molar-refractivity contribution in [3.8, 4) is 0 Å². The van der Waals surface area contributed by atoms with Gasteiger partial charge in [0.1, 0.15) is 0 Å². The van der Waals surface area contributed by atoms with Gasteiger partial charge in [0.25, 0.3) is 0 Å². The molecule has 0 radical (unpaired) electrons. The first-order valence-corrected chi connectivity index (χ1v) is 2.74. The summed E-state index contributed by atoms with van der Waals surface area (Å²) in [6.45, 7) is 3.49. The monoisotopic (exact) mass is 114 g/mol. The van der Waals surface area contributed by atoms with Crippen LogP contribution in [0.4, 0.5) is 0 Å². The van der Waals surface area contributed by atoms with Gasteiger partial charge < -0.3 is 10.0 Å². The highest BCUT2D eigenvalue weighted by Gasteiger charge is 2.02. The maximum absolute atomic E-state index is 8.30. The Bertz CT molecular complexity index is 63.4. The highest BCUT2D eigenvalue weighted by atomic mass is 16.4.